The maximum atomic E-state index is 12.3. The van der Waals surface area contributed by atoms with Crippen LogP contribution in [0, 0.1) is 6.92 Å². The lowest BCUT2D eigenvalue weighted by Crippen LogP contribution is -2.17. The number of pyridine rings is 1. The molecule has 0 atom stereocenters. The highest BCUT2D eigenvalue weighted by Gasteiger charge is 2.11. The number of fused-ring (bicyclic) bond motifs is 1. The summed E-state index contributed by atoms with van der Waals surface area (Å²) in [4.78, 5) is 16.8. The maximum absolute atomic E-state index is 12.3. The Balaban J connectivity index is 1.54. The Morgan fingerprint density at radius 2 is 1.96 bits per heavy atom. The minimum absolute atomic E-state index is 0.101. The molecule has 6 nitrogen and oxygen atoms in total. The van der Waals surface area contributed by atoms with Crippen molar-refractivity contribution in [1.29, 1.82) is 0 Å². The maximum Gasteiger partial charge on any atom is 0.277 e. The van der Waals surface area contributed by atoms with Gasteiger partial charge in [-0.3, -0.25) is 9.20 Å². The molecule has 0 bridgehead atoms. The summed E-state index contributed by atoms with van der Waals surface area (Å²) in [5, 5.41) is 9.13. The first kappa shape index (κ1) is 16.8. The molecule has 130 valence electrons. The highest BCUT2D eigenvalue weighted by Crippen LogP contribution is 2.26. The number of hydrogen-bond acceptors (Lipinski definition) is 6. The second-order valence-corrected chi connectivity index (χ2v) is 6.98. The normalized spacial score (nSPS) is 11.2. The number of hydrogen-bond donors (Lipinski definition) is 0. The van der Waals surface area contributed by atoms with Crippen molar-refractivity contribution in [3.8, 4) is 11.5 Å². The Morgan fingerprint density at radius 3 is 2.77 bits per heavy atom. The number of nitrogens with zero attached hydrogens (tertiary/aromatic N) is 4. The number of rotatable bonds is 4. The summed E-state index contributed by atoms with van der Waals surface area (Å²) in [6.45, 7) is 1.88. The summed E-state index contributed by atoms with van der Waals surface area (Å²) in [6, 6.07) is 14.3. The van der Waals surface area contributed by atoms with Gasteiger partial charge in [0, 0.05) is 28.1 Å². The van der Waals surface area contributed by atoms with Crippen LogP contribution >= 0.6 is 23.4 Å². The van der Waals surface area contributed by atoms with Gasteiger partial charge in [0.1, 0.15) is 5.65 Å². The molecule has 1 aromatic carbocycles. The molecular weight excluding hydrogens is 372 g/mol. The van der Waals surface area contributed by atoms with Crippen LogP contribution in [-0.4, -0.2) is 19.6 Å². The minimum atomic E-state index is -0.101. The summed E-state index contributed by atoms with van der Waals surface area (Å²) < 4.78 is 7.24. The SMILES string of the molecule is Cc1cccc2nc(CSc3nnc(-c4ccc(Cl)cc4)o3)cc(=O)n12. The Bertz CT molecular complexity index is 1140. The highest BCUT2D eigenvalue weighted by atomic mass is 35.5. The van der Waals surface area contributed by atoms with Crippen molar-refractivity contribution in [3.05, 3.63) is 75.3 Å². The molecule has 0 saturated heterocycles. The molecule has 0 spiro atoms. The van der Waals surface area contributed by atoms with Crippen molar-refractivity contribution in [2.45, 2.75) is 17.9 Å². The van der Waals surface area contributed by atoms with Crippen LogP contribution in [0.25, 0.3) is 17.1 Å². The van der Waals surface area contributed by atoms with Gasteiger partial charge in [0.15, 0.2) is 0 Å². The Morgan fingerprint density at radius 1 is 1.15 bits per heavy atom. The zero-order valence-corrected chi connectivity index (χ0v) is 15.3. The third kappa shape index (κ3) is 3.36. The molecule has 4 aromatic rings. The average Bonchev–Trinajstić information content (AvgIpc) is 3.09. The van der Waals surface area contributed by atoms with Crippen molar-refractivity contribution in [2.24, 2.45) is 0 Å². The Hall–Kier alpha value is -2.64. The minimum Gasteiger partial charge on any atom is -0.411 e. The Kier molecular flexibility index (Phi) is 4.48. The molecule has 3 aromatic heterocycles. The first-order valence-corrected chi connectivity index (χ1v) is 9.17. The molecule has 0 aliphatic rings. The van der Waals surface area contributed by atoms with Crippen LogP contribution in [0.3, 0.4) is 0 Å². The van der Waals surface area contributed by atoms with E-state index in [2.05, 4.69) is 15.2 Å². The van der Waals surface area contributed by atoms with Crippen LogP contribution in [0.1, 0.15) is 11.4 Å². The van der Waals surface area contributed by atoms with Crippen molar-refractivity contribution < 1.29 is 4.42 Å². The van der Waals surface area contributed by atoms with E-state index in [9.17, 15) is 4.79 Å². The van der Waals surface area contributed by atoms with Gasteiger partial charge in [-0.05, 0) is 43.3 Å². The Labute approximate surface area is 157 Å². The number of aromatic nitrogens is 4. The van der Waals surface area contributed by atoms with Crippen LogP contribution in [0.5, 0.6) is 0 Å². The summed E-state index contributed by atoms with van der Waals surface area (Å²) in [5.74, 6) is 0.883. The number of thioether (sulfide) groups is 1. The van der Waals surface area contributed by atoms with Crippen LogP contribution in [0.4, 0.5) is 0 Å². The molecule has 8 heteroatoms. The predicted molar refractivity (Wildman–Crippen MR) is 101 cm³/mol. The fourth-order valence-electron chi connectivity index (χ4n) is 2.55. The van der Waals surface area contributed by atoms with Crippen LogP contribution in [0.2, 0.25) is 5.02 Å². The zero-order chi connectivity index (χ0) is 18.1. The van der Waals surface area contributed by atoms with Crippen LogP contribution in [-0.2, 0) is 5.75 Å². The lowest BCUT2D eigenvalue weighted by atomic mass is 10.2. The van der Waals surface area contributed by atoms with Crippen LogP contribution < -0.4 is 5.56 Å². The van der Waals surface area contributed by atoms with Crippen molar-refractivity contribution in [1.82, 2.24) is 19.6 Å². The van der Waals surface area contributed by atoms with Gasteiger partial charge >= 0.3 is 0 Å². The molecule has 26 heavy (non-hydrogen) atoms. The number of aryl methyl sites for hydroxylation is 1. The van der Waals surface area contributed by atoms with E-state index in [1.54, 1.807) is 16.5 Å². The predicted octanol–water partition coefficient (Wildman–Crippen LogP) is 4.00. The van der Waals surface area contributed by atoms with E-state index in [0.29, 0.717) is 33.2 Å². The van der Waals surface area contributed by atoms with Crippen molar-refractivity contribution >= 4 is 29.0 Å². The van der Waals surface area contributed by atoms with Crippen LogP contribution in [0.15, 0.2) is 63.0 Å². The standard InChI is InChI=1S/C18H13ClN4O2S/c1-11-3-2-4-15-20-14(9-16(24)23(11)15)10-26-18-22-21-17(25-18)12-5-7-13(19)8-6-12/h2-9H,10H2,1H3. The molecule has 0 amide bonds. The molecule has 0 radical (unpaired) electrons. The average molecular weight is 385 g/mol. The lowest BCUT2D eigenvalue weighted by Gasteiger charge is -2.05. The second-order valence-electron chi connectivity index (χ2n) is 5.62. The number of benzene rings is 1. The largest absolute Gasteiger partial charge is 0.411 e. The molecule has 0 N–H and O–H groups in total. The van der Waals surface area contributed by atoms with Gasteiger partial charge in [0.2, 0.25) is 5.89 Å². The van der Waals surface area contributed by atoms with Gasteiger partial charge in [-0.1, -0.05) is 29.4 Å². The first-order valence-electron chi connectivity index (χ1n) is 7.81. The fraction of sp³-hybridized carbons (Fsp3) is 0.111. The third-order valence-electron chi connectivity index (χ3n) is 3.77. The molecule has 0 fully saturated rings. The number of halogens is 1. The molecule has 4 rings (SSSR count). The van der Waals surface area contributed by atoms with E-state index in [1.807, 2.05) is 37.3 Å². The van der Waals surface area contributed by atoms with Gasteiger partial charge in [-0.25, -0.2) is 4.98 Å². The third-order valence-corrected chi connectivity index (χ3v) is 4.88. The summed E-state index contributed by atoms with van der Waals surface area (Å²) in [6.07, 6.45) is 0. The van der Waals surface area contributed by atoms with Gasteiger partial charge in [-0.15, -0.1) is 10.2 Å². The lowest BCUT2D eigenvalue weighted by molar-refractivity contribution is 0.466. The van der Waals surface area contributed by atoms with E-state index in [1.165, 1.54) is 17.8 Å². The smallest absolute Gasteiger partial charge is 0.277 e. The monoisotopic (exact) mass is 384 g/mol. The van der Waals surface area contributed by atoms with Gasteiger partial charge < -0.3 is 4.42 Å². The van der Waals surface area contributed by atoms with Crippen molar-refractivity contribution in [2.75, 3.05) is 0 Å². The topological polar surface area (TPSA) is 73.3 Å². The highest BCUT2D eigenvalue weighted by molar-refractivity contribution is 7.98. The molecule has 0 aliphatic heterocycles. The molecule has 0 aliphatic carbocycles. The summed E-state index contributed by atoms with van der Waals surface area (Å²) in [5.41, 5.74) is 2.84. The van der Waals surface area contributed by atoms with Crippen molar-refractivity contribution in [3.63, 3.8) is 0 Å². The van der Waals surface area contributed by atoms with E-state index in [-0.39, 0.29) is 5.56 Å². The van der Waals surface area contributed by atoms with E-state index < -0.39 is 0 Å². The summed E-state index contributed by atoms with van der Waals surface area (Å²) >= 11 is 7.22. The molecular formula is C18H13ClN4O2S. The second kappa shape index (κ2) is 6.93. The fourth-order valence-corrected chi connectivity index (χ4v) is 3.33. The van der Waals surface area contributed by atoms with E-state index in [4.69, 9.17) is 16.0 Å². The summed E-state index contributed by atoms with van der Waals surface area (Å²) in [7, 11) is 0. The van der Waals surface area contributed by atoms with E-state index in [0.717, 1.165) is 11.3 Å². The molecule has 0 saturated carbocycles. The quantitative estimate of drug-likeness (QED) is 0.495. The van der Waals surface area contributed by atoms with Gasteiger partial charge in [-0.2, -0.15) is 0 Å². The zero-order valence-electron chi connectivity index (χ0n) is 13.7. The van der Waals surface area contributed by atoms with E-state index >= 15 is 0 Å². The van der Waals surface area contributed by atoms with Gasteiger partial charge in [0.25, 0.3) is 10.8 Å². The van der Waals surface area contributed by atoms with Gasteiger partial charge in [0.05, 0.1) is 5.69 Å². The first-order chi connectivity index (χ1) is 12.6. The molecule has 3 heterocycles. The molecule has 0 unspecified atom stereocenters.